The van der Waals surface area contributed by atoms with Crippen LogP contribution in [0.25, 0.3) is 0 Å². The van der Waals surface area contributed by atoms with Crippen molar-refractivity contribution in [1.82, 2.24) is 4.90 Å². The first kappa shape index (κ1) is 11.3. The van der Waals surface area contributed by atoms with E-state index in [4.69, 9.17) is 0 Å². The largest absolute Gasteiger partial charge is 0.471 e. The molecule has 1 fully saturated rings. The molecule has 1 saturated heterocycles. The fourth-order valence-corrected chi connectivity index (χ4v) is 2.03. The third kappa shape index (κ3) is 2.19. The standard InChI is InChI=1S/C9H14F3NO/c1-6-4-8(2,3)5-13(6)7(14)9(10,11)12/h6H,4-5H2,1-3H3. The van der Waals surface area contributed by atoms with Crippen molar-refractivity contribution in [2.75, 3.05) is 6.54 Å². The van der Waals surface area contributed by atoms with Crippen molar-refractivity contribution >= 4 is 5.91 Å². The molecule has 0 bridgehead atoms. The Balaban J connectivity index is 2.77. The molecule has 0 spiro atoms. The van der Waals surface area contributed by atoms with E-state index in [0.717, 1.165) is 4.90 Å². The van der Waals surface area contributed by atoms with Crippen molar-refractivity contribution in [3.05, 3.63) is 0 Å². The van der Waals surface area contributed by atoms with E-state index in [0.29, 0.717) is 6.42 Å². The number of alkyl halides is 3. The highest BCUT2D eigenvalue weighted by Gasteiger charge is 2.48. The van der Waals surface area contributed by atoms with Gasteiger partial charge in [0.15, 0.2) is 0 Å². The normalized spacial score (nSPS) is 26.7. The molecule has 2 nitrogen and oxygen atoms in total. The number of halogens is 3. The molecule has 0 N–H and O–H groups in total. The third-order valence-corrected chi connectivity index (χ3v) is 2.48. The monoisotopic (exact) mass is 209 g/mol. The molecule has 1 amide bonds. The zero-order valence-corrected chi connectivity index (χ0v) is 8.48. The van der Waals surface area contributed by atoms with Crippen molar-refractivity contribution in [2.45, 2.75) is 39.4 Å². The van der Waals surface area contributed by atoms with Crippen LogP contribution in [0.1, 0.15) is 27.2 Å². The number of nitrogens with zero attached hydrogens (tertiary/aromatic N) is 1. The maximum absolute atomic E-state index is 12.1. The fourth-order valence-electron chi connectivity index (χ4n) is 2.03. The number of amides is 1. The van der Waals surface area contributed by atoms with Crippen molar-refractivity contribution in [2.24, 2.45) is 5.41 Å². The number of carbonyl (C=O) groups is 1. The highest BCUT2D eigenvalue weighted by Crippen LogP contribution is 2.35. The molecule has 0 radical (unpaired) electrons. The zero-order valence-electron chi connectivity index (χ0n) is 8.48. The van der Waals surface area contributed by atoms with Gasteiger partial charge in [-0.25, -0.2) is 0 Å². The molecule has 0 aromatic carbocycles. The second kappa shape index (κ2) is 3.14. The lowest BCUT2D eigenvalue weighted by atomic mass is 9.91. The highest BCUT2D eigenvalue weighted by molar-refractivity contribution is 5.82. The molecule has 0 saturated carbocycles. The predicted molar refractivity (Wildman–Crippen MR) is 45.6 cm³/mol. The van der Waals surface area contributed by atoms with Crippen molar-refractivity contribution in [3.8, 4) is 0 Å². The van der Waals surface area contributed by atoms with E-state index < -0.39 is 12.1 Å². The lowest BCUT2D eigenvalue weighted by molar-refractivity contribution is -0.186. The van der Waals surface area contributed by atoms with Gasteiger partial charge in [-0.15, -0.1) is 0 Å². The van der Waals surface area contributed by atoms with Gasteiger partial charge in [0.2, 0.25) is 0 Å². The van der Waals surface area contributed by atoms with E-state index in [9.17, 15) is 18.0 Å². The number of hydrogen-bond acceptors (Lipinski definition) is 1. The van der Waals surface area contributed by atoms with Crippen molar-refractivity contribution < 1.29 is 18.0 Å². The lowest BCUT2D eigenvalue weighted by Crippen LogP contribution is -2.43. The van der Waals surface area contributed by atoms with Gasteiger partial charge < -0.3 is 4.90 Å². The van der Waals surface area contributed by atoms with Crippen LogP contribution in [-0.2, 0) is 4.79 Å². The Morgan fingerprint density at radius 2 is 1.93 bits per heavy atom. The van der Waals surface area contributed by atoms with E-state index in [1.807, 2.05) is 13.8 Å². The average molecular weight is 209 g/mol. The molecule has 1 aliphatic rings. The highest BCUT2D eigenvalue weighted by atomic mass is 19.4. The van der Waals surface area contributed by atoms with E-state index >= 15 is 0 Å². The van der Waals surface area contributed by atoms with E-state index in [2.05, 4.69) is 0 Å². The number of rotatable bonds is 0. The first-order chi connectivity index (χ1) is 6.13. The Hall–Kier alpha value is -0.740. The topological polar surface area (TPSA) is 20.3 Å². The van der Waals surface area contributed by atoms with Crippen LogP contribution >= 0.6 is 0 Å². The molecule has 1 atom stereocenters. The lowest BCUT2D eigenvalue weighted by Gasteiger charge is -2.23. The second-order valence-corrected chi connectivity index (χ2v) is 4.65. The minimum Gasteiger partial charge on any atom is -0.332 e. The summed E-state index contributed by atoms with van der Waals surface area (Å²) >= 11 is 0. The molecular formula is C9H14F3NO. The van der Waals surface area contributed by atoms with Crippen LogP contribution in [0.3, 0.4) is 0 Å². The Bertz CT molecular complexity index is 247. The van der Waals surface area contributed by atoms with Crippen molar-refractivity contribution in [3.63, 3.8) is 0 Å². The first-order valence-electron chi connectivity index (χ1n) is 4.51. The Labute approximate surface area is 81.1 Å². The molecule has 14 heavy (non-hydrogen) atoms. The van der Waals surface area contributed by atoms with Crippen LogP contribution < -0.4 is 0 Å². The number of hydrogen-bond donors (Lipinski definition) is 0. The fraction of sp³-hybridized carbons (Fsp3) is 0.889. The SMILES string of the molecule is CC1CC(C)(C)CN1C(=O)C(F)(F)F. The van der Waals surface area contributed by atoms with Crippen LogP contribution in [0, 0.1) is 5.41 Å². The maximum Gasteiger partial charge on any atom is 0.471 e. The smallest absolute Gasteiger partial charge is 0.332 e. The minimum atomic E-state index is -4.74. The quantitative estimate of drug-likeness (QED) is 0.599. The molecule has 1 unspecified atom stereocenters. The first-order valence-corrected chi connectivity index (χ1v) is 4.51. The molecular weight excluding hydrogens is 195 g/mol. The molecule has 1 rings (SSSR count). The second-order valence-electron chi connectivity index (χ2n) is 4.65. The number of likely N-dealkylation sites (tertiary alicyclic amines) is 1. The summed E-state index contributed by atoms with van der Waals surface area (Å²) in [6.45, 7) is 5.57. The summed E-state index contributed by atoms with van der Waals surface area (Å²) in [5.74, 6) is -1.71. The van der Waals surface area contributed by atoms with E-state index in [1.54, 1.807) is 6.92 Å². The molecule has 0 aliphatic carbocycles. The van der Waals surface area contributed by atoms with Gasteiger partial charge in [0.1, 0.15) is 0 Å². The average Bonchev–Trinajstić information content (AvgIpc) is 2.21. The van der Waals surface area contributed by atoms with E-state index in [1.165, 1.54) is 0 Å². The molecule has 82 valence electrons. The van der Waals surface area contributed by atoms with Crippen molar-refractivity contribution in [1.29, 1.82) is 0 Å². The number of carbonyl (C=O) groups excluding carboxylic acids is 1. The van der Waals surface area contributed by atoms with Gasteiger partial charge in [0, 0.05) is 12.6 Å². The Morgan fingerprint density at radius 1 is 1.43 bits per heavy atom. The summed E-state index contributed by atoms with van der Waals surface area (Å²) in [4.78, 5) is 11.9. The Kier molecular flexibility index (Phi) is 2.54. The van der Waals surface area contributed by atoms with Crippen LogP contribution in [0.4, 0.5) is 13.2 Å². The summed E-state index contributed by atoms with van der Waals surface area (Å²) in [6, 6.07) is -0.320. The summed E-state index contributed by atoms with van der Waals surface area (Å²) in [7, 11) is 0. The van der Waals surface area contributed by atoms with Gasteiger partial charge in [0.05, 0.1) is 0 Å². The Morgan fingerprint density at radius 3 is 2.21 bits per heavy atom. The van der Waals surface area contributed by atoms with Gasteiger partial charge in [-0.05, 0) is 18.8 Å². The van der Waals surface area contributed by atoms with Crippen LogP contribution in [0.15, 0.2) is 0 Å². The van der Waals surface area contributed by atoms with Gasteiger partial charge >= 0.3 is 12.1 Å². The molecule has 0 aromatic heterocycles. The van der Waals surface area contributed by atoms with Crippen LogP contribution in [0.2, 0.25) is 0 Å². The summed E-state index contributed by atoms with van der Waals surface area (Å²) < 4.78 is 36.4. The zero-order chi connectivity index (χ0) is 11.1. The third-order valence-electron chi connectivity index (χ3n) is 2.48. The molecule has 5 heteroatoms. The molecule has 0 aromatic rings. The van der Waals surface area contributed by atoms with Gasteiger partial charge in [-0.1, -0.05) is 13.8 Å². The summed E-state index contributed by atoms with van der Waals surface area (Å²) in [5.41, 5.74) is -0.208. The maximum atomic E-state index is 12.1. The molecule has 1 heterocycles. The van der Waals surface area contributed by atoms with E-state index in [-0.39, 0.29) is 18.0 Å². The van der Waals surface area contributed by atoms with Crippen LogP contribution in [0.5, 0.6) is 0 Å². The summed E-state index contributed by atoms with van der Waals surface area (Å²) in [5, 5.41) is 0. The van der Waals surface area contributed by atoms with Gasteiger partial charge in [0.25, 0.3) is 0 Å². The molecule has 1 aliphatic heterocycles. The predicted octanol–water partition coefficient (Wildman–Crippen LogP) is 2.20. The summed E-state index contributed by atoms with van der Waals surface area (Å²) in [6.07, 6.45) is -4.12. The van der Waals surface area contributed by atoms with Gasteiger partial charge in [-0.2, -0.15) is 13.2 Å². The van der Waals surface area contributed by atoms with Crippen LogP contribution in [-0.4, -0.2) is 29.6 Å². The van der Waals surface area contributed by atoms with Gasteiger partial charge in [-0.3, -0.25) is 4.79 Å². The minimum absolute atomic E-state index is 0.187.